The van der Waals surface area contributed by atoms with E-state index in [-0.39, 0.29) is 23.7 Å². The average Bonchev–Trinajstić information content (AvgIpc) is 2.79. The molecule has 0 aliphatic carbocycles. The van der Waals surface area contributed by atoms with Crippen molar-refractivity contribution in [3.05, 3.63) is 29.8 Å². The highest BCUT2D eigenvalue weighted by atomic mass is 32.2. The first-order chi connectivity index (χ1) is 9.45. The first-order valence-electron chi connectivity index (χ1n) is 6.25. The summed E-state index contributed by atoms with van der Waals surface area (Å²) in [6.45, 7) is 2.02. The van der Waals surface area contributed by atoms with Crippen LogP contribution in [0.15, 0.2) is 29.2 Å². The SMILES string of the molecule is Cc1ccc(S(=O)(=O)O[C@H]2C(=O)C[C@@H]3OC[C@H]2O3)cc1. The lowest BCUT2D eigenvalue weighted by Crippen LogP contribution is -2.44. The number of hydrogen-bond acceptors (Lipinski definition) is 6. The maximum Gasteiger partial charge on any atom is 0.297 e. The molecule has 2 heterocycles. The number of aryl methyl sites for hydroxylation is 1. The molecule has 7 heteroatoms. The van der Waals surface area contributed by atoms with Crippen molar-refractivity contribution in [1.82, 2.24) is 0 Å². The number of fused-ring (bicyclic) bond motifs is 2. The highest BCUT2D eigenvalue weighted by Gasteiger charge is 2.46. The Kier molecular flexibility index (Phi) is 3.37. The minimum absolute atomic E-state index is 0.0184. The molecular formula is C13H14O6S. The summed E-state index contributed by atoms with van der Waals surface area (Å²) in [6.07, 6.45) is -2.32. The molecule has 3 rings (SSSR count). The first-order valence-corrected chi connectivity index (χ1v) is 7.66. The maximum absolute atomic E-state index is 12.2. The number of benzene rings is 1. The smallest absolute Gasteiger partial charge is 0.297 e. The zero-order chi connectivity index (χ0) is 14.3. The fourth-order valence-electron chi connectivity index (χ4n) is 2.24. The van der Waals surface area contributed by atoms with E-state index in [0.29, 0.717) is 0 Å². The van der Waals surface area contributed by atoms with E-state index < -0.39 is 28.6 Å². The standard InChI is InChI=1S/C13H14O6S/c1-8-2-4-9(5-3-8)20(15,16)19-13-10(14)6-12-17-7-11(13)18-12/h2-5,11-13H,6-7H2,1H3/t11-,12-,13+/m1/s1. The van der Waals surface area contributed by atoms with Crippen molar-refractivity contribution in [2.24, 2.45) is 0 Å². The van der Waals surface area contributed by atoms with Gasteiger partial charge in [-0.25, -0.2) is 0 Å². The molecule has 1 aromatic carbocycles. The summed E-state index contributed by atoms with van der Waals surface area (Å²) in [5.41, 5.74) is 0.938. The van der Waals surface area contributed by atoms with Crippen LogP contribution in [0, 0.1) is 6.92 Å². The largest absolute Gasteiger partial charge is 0.349 e. The number of ketones is 1. The average molecular weight is 298 g/mol. The molecule has 0 spiro atoms. The minimum Gasteiger partial charge on any atom is -0.349 e. The van der Waals surface area contributed by atoms with Gasteiger partial charge in [0.1, 0.15) is 6.10 Å². The Morgan fingerprint density at radius 2 is 1.95 bits per heavy atom. The van der Waals surface area contributed by atoms with E-state index in [1.807, 2.05) is 6.92 Å². The van der Waals surface area contributed by atoms with Crippen LogP contribution in [0.2, 0.25) is 0 Å². The molecule has 0 amide bonds. The number of carbonyl (C=O) groups is 1. The van der Waals surface area contributed by atoms with Gasteiger partial charge in [-0.1, -0.05) is 17.7 Å². The molecule has 20 heavy (non-hydrogen) atoms. The molecule has 0 N–H and O–H groups in total. The van der Waals surface area contributed by atoms with Gasteiger partial charge >= 0.3 is 0 Å². The van der Waals surface area contributed by atoms with Gasteiger partial charge in [0.2, 0.25) is 0 Å². The van der Waals surface area contributed by atoms with Crippen LogP contribution in [0.25, 0.3) is 0 Å². The molecule has 0 saturated carbocycles. The Hall–Kier alpha value is -1.28. The fraction of sp³-hybridized carbons (Fsp3) is 0.462. The van der Waals surface area contributed by atoms with Gasteiger partial charge < -0.3 is 9.47 Å². The van der Waals surface area contributed by atoms with Crippen LogP contribution in [0.3, 0.4) is 0 Å². The summed E-state index contributed by atoms with van der Waals surface area (Å²) < 4.78 is 39.9. The van der Waals surface area contributed by atoms with Crippen LogP contribution >= 0.6 is 0 Å². The van der Waals surface area contributed by atoms with Crippen molar-refractivity contribution < 1.29 is 26.9 Å². The van der Waals surface area contributed by atoms with E-state index in [9.17, 15) is 13.2 Å². The molecule has 2 bridgehead atoms. The van der Waals surface area contributed by atoms with Gasteiger partial charge in [-0.3, -0.25) is 8.98 Å². The molecule has 2 aliphatic heterocycles. The summed E-state index contributed by atoms with van der Waals surface area (Å²) in [6, 6.07) is 6.24. The predicted molar refractivity (Wildman–Crippen MR) is 67.5 cm³/mol. The second-order valence-electron chi connectivity index (χ2n) is 4.89. The van der Waals surface area contributed by atoms with Crippen molar-refractivity contribution in [3.8, 4) is 0 Å². The monoisotopic (exact) mass is 298 g/mol. The molecule has 0 unspecified atom stereocenters. The Bertz CT molecular complexity index is 621. The van der Waals surface area contributed by atoms with E-state index >= 15 is 0 Å². The van der Waals surface area contributed by atoms with Crippen LogP contribution in [-0.4, -0.2) is 39.3 Å². The molecule has 6 nitrogen and oxygen atoms in total. The lowest BCUT2D eigenvalue weighted by molar-refractivity contribution is -0.153. The molecule has 1 aromatic rings. The van der Waals surface area contributed by atoms with Crippen molar-refractivity contribution in [2.45, 2.75) is 36.7 Å². The highest BCUT2D eigenvalue weighted by Crippen LogP contribution is 2.29. The van der Waals surface area contributed by atoms with E-state index in [4.69, 9.17) is 13.7 Å². The molecule has 2 aliphatic rings. The van der Waals surface area contributed by atoms with Gasteiger partial charge in [0.25, 0.3) is 10.1 Å². The molecular weight excluding hydrogens is 284 g/mol. The van der Waals surface area contributed by atoms with E-state index in [1.54, 1.807) is 12.1 Å². The van der Waals surface area contributed by atoms with E-state index in [1.165, 1.54) is 12.1 Å². The number of ether oxygens (including phenoxy) is 2. The number of hydrogen-bond donors (Lipinski definition) is 0. The molecule has 0 radical (unpaired) electrons. The molecule has 2 saturated heterocycles. The van der Waals surface area contributed by atoms with Gasteiger partial charge in [-0.2, -0.15) is 8.42 Å². The number of carbonyl (C=O) groups excluding carboxylic acids is 1. The maximum atomic E-state index is 12.2. The van der Waals surface area contributed by atoms with Crippen molar-refractivity contribution >= 4 is 15.9 Å². The quantitative estimate of drug-likeness (QED) is 0.767. The zero-order valence-corrected chi connectivity index (χ0v) is 11.6. The topological polar surface area (TPSA) is 78.9 Å². The van der Waals surface area contributed by atoms with Gasteiger partial charge in [-0.05, 0) is 19.1 Å². The van der Waals surface area contributed by atoms with E-state index in [2.05, 4.69) is 0 Å². The second-order valence-corrected chi connectivity index (χ2v) is 6.46. The summed E-state index contributed by atoms with van der Waals surface area (Å²) in [5, 5.41) is 0. The molecule has 108 valence electrons. The van der Waals surface area contributed by atoms with Crippen molar-refractivity contribution in [1.29, 1.82) is 0 Å². The molecule has 0 aromatic heterocycles. The van der Waals surface area contributed by atoms with Gasteiger partial charge in [0.05, 0.1) is 17.9 Å². The normalized spacial score (nSPS) is 29.6. The Balaban J connectivity index is 1.82. The van der Waals surface area contributed by atoms with Gasteiger partial charge in [0.15, 0.2) is 18.2 Å². The molecule has 3 atom stereocenters. The van der Waals surface area contributed by atoms with Crippen LogP contribution < -0.4 is 0 Å². The summed E-state index contributed by atoms with van der Waals surface area (Å²) >= 11 is 0. The summed E-state index contributed by atoms with van der Waals surface area (Å²) in [7, 11) is -3.99. The zero-order valence-electron chi connectivity index (χ0n) is 10.8. The summed E-state index contributed by atoms with van der Waals surface area (Å²) in [5.74, 6) is -0.306. The van der Waals surface area contributed by atoms with Crippen LogP contribution in [0.4, 0.5) is 0 Å². The van der Waals surface area contributed by atoms with E-state index in [0.717, 1.165) is 5.56 Å². The summed E-state index contributed by atoms with van der Waals surface area (Å²) in [4.78, 5) is 11.9. The second kappa shape index (κ2) is 4.92. The van der Waals surface area contributed by atoms with Crippen LogP contribution in [-0.2, 0) is 28.6 Å². The van der Waals surface area contributed by atoms with Gasteiger partial charge in [-0.15, -0.1) is 0 Å². The van der Waals surface area contributed by atoms with Crippen LogP contribution in [0.5, 0.6) is 0 Å². The van der Waals surface area contributed by atoms with Crippen molar-refractivity contribution in [3.63, 3.8) is 0 Å². The third-order valence-electron chi connectivity index (χ3n) is 3.34. The Labute approximate surface area is 116 Å². The number of rotatable bonds is 3. The molecule has 2 fully saturated rings. The van der Waals surface area contributed by atoms with Crippen LogP contribution in [0.1, 0.15) is 12.0 Å². The predicted octanol–water partition coefficient (Wildman–Crippen LogP) is 0.783. The lowest BCUT2D eigenvalue weighted by Gasteiger charge is -2.25. The van der Waals surface area contributed by atoms with Crippen molar-refractivity contribution in [2.75, 3.05) is 6.61 Å². The first kappa shape index (κ1) is 13.7. The third kappa shape index (κ3) is 2.49. The van der Waals surface area contributed by atoms with Gasteiger partial charge in [0, 0.05) is 0 Å². The minimum atomic E-state index is -3.99. The highest BCUT2D eigenvalue weighted by molar-refractivity contribution is 7.86. The lowest BCUT2D eigenvalue weighted by atomic mass is 10.1. The third-order valence-corrected chi connectivity index (χ3v) is 4.65. The Morgan fingerprint density at radius 3 is 2.65 bits per heavy atom. The number of Topliss-reactive ketones (excluding diaryl/α,β-unsaturated/α-hetero) is 1. The fourth-order valence-corrected chi connectivity index (χ4v) is 3.33. The Morgan fingerprint density at radius 1 is 1.25 bits per heavy atom.